The summed E-state index contributed by atoms with van der Waals surface area (Å²) in [5.41, 5.74) is 2.93. The molecule has 0 fully saturated rings. The van der Waals surface area contributed by atoms with Gasteiger partial charge < -0.3 is 5.32 Å². The first-order chi connectivity index (χ1) is 11.9. The summed E-state index contributed by atoms with van der Waals surface area (Å²) >= 11 is 0. The van der Waals surface area contributed by atoms with Crippen LogP contribution in [0.15, 0.2) is 60.9 Å². The zero-order valence-electron chi connectivity index (χ0n) is 14.7. The van der Waals surface area contributed by atoms with E-state index < -0.39 is 0 Å². The minimum absolute atomic E-state index is 0.131. The predicted octanol–water partition coefficient (Wildman–Crippen LogP) is 3.88. The molecule has 25 heavy (non-hydrogen) atoms. The van der Waals surface area contributed by atoms with E-state index in [1.807, 2.05) is 0 Å². The third kappa shape index (κ3) is 4.12. The number of anilines is 1. The van der Waals surface area contributed by atoms with Crippen molar-refractivity contribution in [1.82, 2.24) is 14.8 Å². The molecule has 1 aromatic carbocycles. The maximum Gasteiger partial charge on any atom is 0.275 e. The third-order valence-electron chi connectivity index (χ3n) is 4.01. The lowest BCUT2D eigenvalue weighted by Gasteiger charge is -2.19. The van der Waals surface area contributed by atoms with Crippen LogP contribution in [0.4, 0.5) is 5.82 Å². The van der Waals surface area contributed by atoms with Crippen LogP contribution in [0.5, 0.6) is 0 Å². The van der Waals surface area contributed by atoms with Gasteiger partial charge in [0.1, 0.15) is 11.5 Å². The van der Waals surface area contributed by atoms with Gasteiger partial charge in [-0.05, 0) is 28.7 Å². The first kappa shape index (κ1) is 16.9. The van der Waals surface area contributed by atoms with Crippen molar-refractivity contribution in [3.63, 3.8) is 0 Å². The van der Waals surface area contributed by atoms with E-state index in [9.17, 15) is 4.79 Å². The summed E-state index contributed by atoms with van der Waals surface area (Å²) in [5, 5.41) is 7.17. The molecular formula is C20H22N4O. The Bertz CT molecular complexity index is 845. The van der Waals surface area contributed by atoms with Gasteiger partial charge in [0.05, 0.1) is 12.7 Å². The minimum atomic E-state index is -0.245. The number of pyridine rings is 1. The zero-order valence-corrected chi connectivity index (χ0v) is 14.7. The van der Waals surface area contributed by atoms with Crippen LogP contribution in [0.3, 0.4) is 0 Å². The Hall–Kier alpha value is -2.95. The molecule has 3 aromatic rings. The smallest absolute Gasteiger partial charge is 0.275 e. The standard InChI is InChI=1S/C20H22N4O/c1-20(2,3)16-9-7-15(8-10-16)14-24-18(11-13-22-24)23-19(25)17-6-4-5-12-21-17/h4-13H,14H2,1-3H3,(H,23,25). The van der Waals surface area contributed by atoms with E-state index >= 15 is 0 Å². The lowest BCUT2D eigenvalue weighted by Crippen LogP contribution is -2.17. The highest BCUT2D eigenvalue weighted by Crippen LogP contribution is 2.22. The van der Waals surface area contributed by atoms with Crippen molar-refractivity contribution < 1.29 is 4.79 Å². The van der Waals surface area contributed by atoms with Crippen molar-refractivity contribution in [2.24, 2.45) is 0 Å². The number of nitrogens with zero attached hydrogens (tertiary/aromatic N) is 3. The largest absolute Gasteiger partial charge is 0.305 e. The number of carbonyl (C=O) groups excluding carboxylic acids is 1. The van der Waals surface area contributed by atoms with E-state index in [0.29, 0.717) is 18.1 Å². The third-order valence-corrected chi connectivity index (χ3v) is 4.01. The molecule has 2 aromatic heterocycles. The van der Waals surface area contributed by atoms with Crippen LogP contribution in [0.25, 0.3) is 0 Å². The maximum atomic E-state index is 12.3. The van der Waals surface area contributed by atoms with Gasteiger partial charge in [-0.15, -0.1) is 0 Å². The normalized spacial score (nSPS) is 11.3. The molecule has 0 aliphatic heterocycles. The molecule has 0 aliphatic carbocycles. The summed E-state index contributed by atoms with van der Waals surface area (Å²) in [4.78, 5) is 16.3. The summed E-state index contributed by atoms with van der Waals surface area (Å²) in [6, 6.07) is 15.5. The van der Waals surface area contributed by atoms with E-state index in [1.165, 1.54) is 5.56 Å². The van der Waals surface area contributed by atoms with Gasteiger partial charge in [-0.3, -0.25) is 9.78 Å². The molecule has 5 nitrogen and oxygen atoms in total. The second kappa shape index (κ2) is 6.89. The van der Waals surface area contributed by atoms with E-state index in [4.69, 9.17) is 0 Å². The molecule has 0 saturated carbocycles. The summed E-state index contributed by atoms with van der Waals surface area (Å²) in [7, 11) is 0. The Kier molecular flexibility index (Phi) is 4.65. The van der Waals surface area contributed by atoms with Crippen molar-refractivity contribution >= 4 is 11.7 Å². The Morgan fingerprint density at radius 2 is 1.80 bits per heavy atom. The van der Waals surface area contributed by atoms with Crippen LogP contribution < -0.4 is 5.32 Å². The van der Waals surface area contributed by atoms with Crippen LogP contribution in [-0.2, 0) is 12.0 Å². The lowest BCUT2D eigenvalue weighted by molar-refractivity contribution is 0.102. The van der Waals surface area contributed by atoms with Gasteiger partial charge in [0.15, 0.2) is 0 Å². The quantitative estimate of drug-likeness (QED) is 0.788. The monoisotopic (exact) mass is 334 g/mol. The molecule has 0 bridgehead atoms. The average Bonchev–Trinajstić information content (AvgIpc) is 3.02. The number of rotatable bonds is 4. The number of amides is 1. The molecule has 5 heteroatoms. The second-order valence-corrected chi connectivity index (χ2v) is 6.99. The fraction of sp³-hybridized carbons (Fsp3) is 0.250. The Labute approximate surface area is 147 Å². The summed E-state index contributed by atoms with van der Waals surface area (Å²) in [6.07, 6.45) is 3.28. The van der Waals surface area contributed by atoms with Crippen LogP contribution in [-0.4, -0.2) is 20.7 Å². The molecule has 2 heterocycles. The van der Waals surface area contributed by atoms with Crippen molar-refractivity contribution in [1.29, 1.82) is 0 Å². The highest BCUT2D eigenvalue weighted by molar-refractivity contribution is 6.02. The van der Waals surface area contributed by atoms with Gasteiger partial charge in [-0.25, -0.2) is 4.68 Å². The summed E-state index contributed by atoms with van der Waals surface area (Å²) in [5.74, 6) is 0.404. The molecule has 128 valence electrons. The van der Waals surface area contributed by atoms with Crippen molar-refractivity contribution in [3.05, 3.63) is 77.7 Å². The molecular weight excluding hydrogens is 312 g/mol. The first-order valence-electron chi connectivity index (χ1n) is 8.27. The zero-order chi connectivity index (χ0) is 17.9. The van der Waals surface area contributed by atoms with Crippen LogP contribution >= 0.6 is 0 Å². The van der Waals surface area contributed by atoms with Crippen LogP contribution in [0.2, 0.25) is 0 Å². The predicted molar refractivity (Wildman–Crippen MR) is 98.7 cm³/mol. The van der Waals surface area contributed by atoms with Gasteiger partial charge in [0.25, 0.3) is 5.91 Å². The Morgan fingerprint density at radius 3 is 2.44 bits per heavy atom. The lowest BCUT2D eigenvalue weighted by atomic mass is 9.87. The highest BCUT2D eigenvalue weighted by Gasteiger charge is 2.14. The second-order valence-electron chi connectivity index (χ2n) is 6.99. The van der Waals surface area contributed by atoms with E-state index in [0.717, 1.165) is 5.56 Å². The highest BCUT2D eigenvalue weighted by atomic mass is 16.2. The number of hydrogen-bond donors (Lipinski definition) is 1. The van der Waals surface area contributed by atoms with E-state index in [1.54, 1.807) is 41.3 Å². The molecule has 1 N–H and O–H groups in total. The van der Waals surface area contributed by atoms with Gasteiger partial charge in [-0.2, -0.15) is 5.10 Å². The minimum Gasteiger partial charge on any atom is -0.305 e. The Balaban J connectivity index is 1.73. The number of hydrogen-bond acceptors (Lipinski definition) is 3. The molecule has 0 aliphatic rings. The average molecular weight is 334 g/mol. The van der Waals surface area contributed by atoms with Crippen molar-refractivity contribution in [3.8, 4) is 0 Å². The molecule has 0 atom stereocenters. The topological polar surface area (TPSA) is 59.8 Å². The maximum absolute atomic E-state index is 12.3. The van der Waals surface area contributed by atoms with Crippen LogP contribution in [0.1, 0.15) is 42.4 Å². The summed E-state index contributed by atoms with van der Waals surface area (Å²) in [6.45, 7) is 7.18. The number of carbonyl (C=O) groups is 1. The van der Waals surface area contributed by atoms with Crippen molar-refractivity contribution in [2.75, 3.05) is 5.32 Å². The molecule has 1 amide bonds. The van der Waals surface area contributed by atoms with Gasteiger partial charge in [0.2, 0.25) is 0 Å². The van der Waals surface area contributed by atoms with E-state index in [2.05, 4.69) is 60.4 Å². The van der Waals surface area contributed by atoms with Crippen LogP contribution in [0, 0.1) is 0 Å². The van der Waals surface area contributed by atoms with Crippen molar-refractivity contribution in [2.45, 2.75) is 32.7 Å². The SMILES string of the molecule is CC(C)(C)c1ccc(Cn2nccc2NC(=O)c2ccccn2)cc1. The molecule has 0 unspecified atom stereocenters. The van der Waals surface area contributed by atoms with Gasteiger partial charge in [0, 0.05) is 12.3 Å². The van der Waals surface area contributed by atoms with Gasteiger partial charge in [-0.1, -0.05) is 51.1 Å². The summed E-state index contributed by atoms with van der Waals surface area (Å²) < 4.78 is 1.77. The van der Waals surface area contributed by atoms with Gasteiger partial charge >= 0.3 is 0 Å². The number of nitrogens with one attached hydrogen (secondary N) is 1. The Morgan fingerprint density at radius 1 is 1.04 bits per heavy atom. The number of benzene rings is 1. The number of aromatic nitrogens is 3. The fourth-order valence-corrected chi connectivity index (χ4v) is 2.53. The first-order valence-corrected chi connectivity index (χ1v) is 8.27. The van der Waals surface area contributed by atoms with E-state index in [-0.39, 0.29) is 11.3 Å². The fourth-order valence-electron chi connectivity index (χ4n) is 2.53. The molecule has 0 saturated heterocycles. The molecule has 0 radical (unpaired) electrons. The molecule has 0 spiro atoms. The molecule has 3 rings (SSSR count).